The zero-order valence-corrected chi connectivity index (χ0v) is 20.3. The van der Waals surface area contributed by atoms with Crippen molar-refractivity contribution in [2.45, 2.75) is 46.6 Å². The molecule has 0 atom stereocenters. The fourth-order valence-electron chi connectivity index (χ4n) is 3.75. The third kappa shape index (κ3) is 6.15. The molecule has 0 aromatic heterocycles. The first kappa shape index (κ1) is 25.7. The molecule has 0 N–H and O–H groups in total. The third-order valence-corrected chi connectivity index (χ3v) is 5.66. The molecule has 0 saturated heterocycles. The van der Waals surface area contributed by atoms with Crippen LogP contribution in [0.1, 0.15) is 51.2 Å². The summed E-state index contributed by atoms with van der Waals surface area (Å²) in [5, 5.41) is 9.61. The van der Waals surface area contributed by atoms with E-state index in [4.69, 9.17) is 9.47 Å². The molecule has 7 heteroatoms. The van der Waals surface area contributed by atoms with Gasteiger partial charge in [0.1, 0.15) is 17.5 Å². The van der Waals surface area contributed by atoms with E-state index in [-0.39, 0.29) is 17.7 Å². The summed E-state index contributed by atoms with van der Waals surface area (Å²) in [6.07, 6.45) is 4.76. The van der Waals surface area contributed by atoms with E-state index in [2.05, 4.69) is 6.92 Å². The van der Waals surface area contributed by atoms with E-state index < -0.39 is 17.6 Å². The molecule has 1 aliphatic rings. The predicted octanol–water partition coefficient (Wildman–Crippen LogP) is 5.59. The number of carbonyl (C=O) groups is 2. The smallest absolute Gasteiger partial charge is 0.271 e. The first-order chi connectivity index (χ1) is 16.9. The standard InChI is InChI=1S/C28H29FN2O4/c1-4-6-7-14-35-25-13-10-21(16-26(25)34-5-2)15-23-19(3)24(17-30)28(33)31(27(23)32)18-20-8-11-22(29)12-9-20/h8-13,15-16H,4-7,14,18H2,1-3H3/b23-15+. The topological polar surface area (TPSA) is 79.6 Å². The molecule has 6 nitrogen and oxygen atoms in total. The molecule has 0 radical (unpaired) electrons. The molecule has 0 bridgehead atoms. The minimum absolute atomic E-state index is 0.0670. The molecule has 0 aliphatic carbocycles. The van der Waals surface area contributed by atoms with Crippen molar-refractivity contribution in [1.29, 1.82) is 5.26 Å². The number of halogens is 1. The molecule has 2 aromatic rings. The summed E-state index contributed by atoms with van der Waals surface area (Å²) in [5.41, 5.74) is 1.70. The number of carbonyl (C=O) groups excluding carboxylic acids is 2. The number of rotatable bonds is 10. The lowest BCUT2D eigenvalue weighted by Crippen LogP contribution is -2.42. The molecule has 2 aromatic carbocycles. The number of unbranched alkanes of at least 4 members (excludes halogenated alkanes) is 2. The highest BCUT2D eigenvalue weighted by atomic mass is 19.1. The minimum atomic E-state index is -0.665. The fourth-order valence-corrected chi connectivity index (χ4v) is 3.75. The summed E-state index contributed by atoms with van der Waals surface area (Å²) in [5.74, 6) is -0.417. The molecule has 35 heavy (non-hydrogen) atoms. The van der Waals surface area contributed by atoms with Crippen LogP contribution < -0.4 is 9.47 Å². The van der Waals surface area contributed by atoms with E-state index >= 15 is 0 Å². The van der Waals surface area contributed by atoms with Crippen molar-refractivity contribution in [1.82, 2.24) is 4.90 Å². The number of hydrogen-bond acceptors (Lipinski definition) is 5. The second kappa shape index (κ2) is 12.0. The van der Waals surface area contributed by atoms with Gasteiger partial charge in [0.2, 0.25) is 0 Å². The van der Waals surface area contributed by atoms with E-state index in [9.17, 15) is 19.2 Å². The van der Waals surface area contributed by atoms with Gasteiger partial charge in [0.05, 0.1) is 19.8 Å². The van der Waals surface area contributed by atoms with E-state index in [1.54, 1.807) is 31.2 Å². The number of nitriles is 1. The van der Waals surface area contributed by atoms with Crippen molar-refractivity contribution in [3.63, 3.8) is 0 Å². The lowest BCUT2D eigenvalue weighted by Gasteiger charge is -2.27. The molecule has 0 spiro atoms. The Hall–Kier alpha value is -3.92. The molecular weight excluding hydrogens is 447 g/mol. The average molecular weight is 477 g/mol. The first-order valence-electron chi connectivity index (χ1n) is 11.7. The maximum atomic E-state index is 13.3. The average Bonchev–Trinajstić information content (AvgIpc) is 2.85. The van der Waals surface area contributed by atoms with Gasteiger partial charge in [-0.1, -0.05) is 38.0 Å². The molecule has 1 aliphatic heterocycles. The third-order valence-electron chi connectivity index (χ3n) is 5.66. The van der Waals surface area contributed by atoms with Crippen molar-refractivity contribution in [3.8, 4) is 17.6 Å². The van der Waals surface area contributed by atoms with Crippen LogP contribution in [0.25, 0.3) is 6.08 Å². The van der Waals surface area contributed by atoms with Crippen LogP contribution in [0.5, 0.6) is 11.5 Å². The van der Waals surface area contributed by atoms with Crippen molar-refractivity contribution in [3.05, 3.63) is 76.1 Å². The van der Waals surface area contributed by atoms with Crippen molar-refractivity contribution in [2.24, 2.45) is 0 Å². The van der Waals surface area contributed by atoms with Crippen molar-refractivity contribution in [2.75, 3.05) is 13.2 Å². The molecule has 0 saturated carbocycles. The minimum Gasteiger partial charge on any atom is -0.490 e. The first-order valence-corrected chi connectivity index (χ1v) is 11.7. The zero-order valence-electron chi connectivity index (χ0n) is 20.3. The summed E-state index contributed by atoms with van der Waals surface area (Å²) in [6.45, 7) is 6.56. The van der Waals surface area contributed by atoms with Gasteiger partial charge in [0.15, 0.2) is 11.5 Å². The van der Waals surface area contributed by atoms with Crippen LogP contribution in [0.15, 0.2) is 59.2 Å². The van der Waals surface area contributed by atoms with Crippen LogP contribution in [0.3, 0.4) is 0 Å². The Morgan fingerprint density at radius 1 is 1.00 bits per heavy atom. The van der Waals surface area contributed by atoms with Crippen LogP contribution in [0, 0.1) is 17.1 Å². The lowest BCUT2D eigenvalue weighted by atomic mass is 9.93. The van der Waals surface area contributed by atoms with Gasteiger partial charge in [-0.05, 0) is 67.3 Å². The Balaban J connectivity index is 1.95. The molecule has 182 valence electrons. The quantitative estimate of drug-likeness (QED) is 0.254. The highest BCUT2D eigenvalue weighted by Crippen LogP contribution is 2.32. The number of amides is 2. The summed E-state index contributed by atoms with van der Waals surface area (Å²) >= 11 is 0. The monoisotopic (exact) mass is 476 g/mol. The molecule has 2 amide bonds. The highest BCUT2D eigenvalue weighted by Gasteiger charge is 2.35. The van der Waals surface area contributed by atoms with Crippen LogP contribution in [0.4, 0.5) is 4.39 Å². The summed E-state index contributed by atoms with van der Waals surface area (Å²) < 4.78 is 24.9. The van der Waals surface area contributed by atoms with Gasteiger partial charge in [-0.3, -0.25) is 14.5 Å². The van der Waals surface area contributed by atoms with Gasteiger partial charge in [-0.25, -0.2) is 4.39 Å². The largest absolute Gasteiger partial charge is 0.490 e. The summed E-state index contributed by atoms with van der Waals surface area (Å²) in [4.78, 5) is 27.2. The maximum absolute atomic E-state index is 13.3. The van der Waals surface area contributed by atoms with Crippen molar-refractivity contribution < 1.29 is 23.5 Å². The van der Waals surface area contributed by atoms with Gasteiger partial charge in [0, 0.05) is 5.57 Å². The van der Waals surface area contributed by atoms with Gasteiger partial charge >= 0.3 is 0 Å². The molecular formula is C28H29FN2O4. The van der Waals surface area contributed by atoms with Gasteiger partial charge in [0.25, 0.3) is 11.8 Å². The summed E-state index contributed by atoms with van der Waals surface area (Å²) in [7, 11) is 0. The Morgan fingerprint density at radius 3 is 2.40 bits per heavy atom. The van der Waals surface area contributed by atoms with E-state index in [0.717, 1.165) is 24.2 Å². The molecule has 3 rings (SSSR count). The second-order valence-electron chi connectivity index (χ2n) is 8.19. The molecule has 0 unspecified atom stereocenters. The second-order valence-corrected chi connectivity index (χ2v) is 8.19. The van der Waals surface area contributed by atoms with Crippen LogP contribution >= 0.6 is 0 Å². The van der Waals surface area contributed by atoms with E-state index in [1.165, 1.54) is 24.3 Å². The number of imide groups is 1. The van der Waals surface area contributed by atoms with Crippen molar-refractivity contribution >= 4 is 17.9 Å². The molecule has 1 heterocycles. The number of benzene rings is 2. The Morgan fingerprint density at radius 2 is 1.74 bits per heavy atom. The van der Waals surface area contributed by atoms with Gasteiger partial charge in [-0.2, -0.15) is 5.26 Å². The Labute approximate surface area is 205 Å². The number of hydrogen-bond donors (Lipinski definition) is 0. The number of ether oxygens (including phenoxy) is 2. The summed E-state index contributed by atoms with van der Waals surface area (Å²) in [6, 6.07) is 12.8. The lowest BCUT2D eigenvalue weighted by molar-refractivity contribution is -0.141. The highest BCUT2D eigenvalue weighted by molar-refractivity contribution is 6.19. The fraction of sp³-hybridized carbons (Fsp3) is 0.321. The normalized spacial score (nSPS) is 14.9. The van der Waals surface area contributed by atoms with Gasteiger partial charge < -0.3 is 9.47 Å². The predicted molar refractivity (Wildman–Crippen MR) is 131 cm³/mol. The van der Waals surface area contributed by atoms with Crippen LogP contribution in [-0.2, 0) is 16.1 Å². The van der Waals surface area contributed by atoms with E-state index in [0.29, 0.717) is 41.4 Å². The van der Waals surface area contributed by atoms with E-state index in [1.807, 2.05) is 13.0 Å². The van der Waals surface area contributed by atoms with Crippen LogP contribution in [-0.4, -0.2) is 29.9 Å². The number of nitrogens with zero attached hydrogens (tertiary/aromatic N) is 2. The SMILES string of the molecule is CCCCCOc1ccc(/C=C2/C(=O)N(Cc3ccc(F)cc3)C(=O)C(C#N)=C2C)cc1OCC. The van der Waals surface area contributed by atoms with Crippen LogP contribution in [0.2, 0.25) is 0 Å². The molecule has 0 fully saturated rings. The zero-order chi connectivity index (χ0) is 25.4. The maximum Gasteiger partial charge on any atom is 0.271 e. The Kier molecular flexibility index (Phi) is 8.80. The Bertz CT molecular complexity index is 1190. The van der Waals surface area contributed by atoms with Gasteiger partial charge in [-0.15, -0.1) is 0 Å².